The van der Waals surface area contributed by atoms with Gasteiger partial charge in [0, 0.05) is 26.0 Å². The van der Waals surface area contributed by atoms with Crippen LogP contribution < -0.4 is 15.1 Å². The van der Waals surface area contributed by atoms with Crippen molar-refractivity contribution in [1.82, 2.24) is 4.57 Å². The molecule has 39 heavy (non-hydrogen) atoms. The fourth-order valence-corrected chi connectivity index (χ4v) is 8.16. The fraction of sp³-hybridized carbons (Fsp3) is 0.143. The van der Waals surface area contributed by atoms with Crippen molar-refractivity contribution in [2.75, 3.05) is 10.2 Å². The number of fused-ring (bicyclic) bond motifs is 2. The van der Waals surface area contributed by atoms with Crippen molar-refractivity contribution < 1.29 is 14.4 Å². The number of nitrogens with one attached hydrogen (secondary N) is 1. The molecule has 0 spiro atoms. The number of amides is 3. The number of nitrogens with zero attached hydrogens (tertiary/aromatic N) is 2. The van der Waals surface area contributed by atoms with E-state index in [9.17, 15) is 19.2 Å². The van der Waals surface area contributed by atoms with E-state index in [2.05, 4.69) is 21.2 Å². The predicted octanol–water partition coefficient (Wildman–Crippen LogP) is 5.76. The van der Waals surface area contributed by atoms with E-state index in [1.807, 2.05) is 42.5 Å². The van der Waals surface area contributed by atoms with Crippen LogP contribution in [0, 0.1) is 5.92 Å². The third-order valence-corrected chi connectivity index (χ3v) is 10.1. The van der Waals surface area contributed by atoms with E-state index < -0.39 is 17.1 Å². The second-order valence-electron chi connectivity index (χ2n) is 9.12. The highest BCUT2D eigenvalue weighted by Crippen LogP contribution is 2.54. The summed E-state index contributed by atoms with van der Waals surface area (Å²) in [5, 5.41) is 3.09. The molecule has 2 aliphatic rings. The maximum Gasteiger partial charge on any atom is 0.308 e. The van der Waals surface area contributed by atoms with Crippen LogP contribution in [0.1, 0.15) is 16.4 Å². The largest absolute Gasteiger partial charge is 0.325 e. The van der Waals surface area contributed by atoms with E-state index in [1.54, 1.807) is 36.4 Å². The van der Waals surface area contributed by atoms with Gasteiger partial charge in [0.25, 0.3) is 0 Å². The van der Waals surface area contributed by atoms with Crippen LogP contribution in [0.4, 0.5) is 11.4 Å². The van der Waals surface area contributed by atoms with Crippen molar-refractivity contribution in [3.8, 4) is 0 Å². The van der Waals surface area contributed by atoms with Crippen LogP contribution in [0.15, 0.2) is 93.2 Å². The smallest absolute Gasteiger partial charge is 0.308 e. The lowest BCUT2D eigenvalue weighted by Crippen LogP contribution is -2.33. The summed E-state index contributed by atoms with van der Waals surface area (Å²) in [5.41, 5.74) is 1.88. The number of hydrogen-bond donors (Lipinski definition) is 1. The van der Waals surface area contributed by atoms with Gasteiger partial charge in [0.1, 0.15) is 11.8 Å². The number of para-hydroxylation sites is 1. The van der Waals surface area contributed by atoms with Gasteiger partial charge < -0.3 is 5.32 Å². The van der Waals surface area contributed by atoms with Crippen LogP contribution in [0.3, 0.4) is 0 Å². The average molecular weight is 641 g/mol. The number of benzene rings is 3. The Morgan fingerprint density at radius 3 is 2.31 bits per heavy atom. The minimum absolute atomic E-state index is 0.208. The normalized spacial score (nSPS) is 20.1. The van der Waals surface area contributed by atoms with E-state index in [0.29, 0.717) is 26.3 Å². The molecule has 0 bridgehead atoms. The maximum atomic E-state index is 13.9. The molecule has 11 heteroatoms. The summed E-state index contributed by atoms with van der Waals surface area (Å²) in [7, 11) is 0. The lowest BCUT2D eigenvalue weighted by atomic mass is 9.83. The van der Waals surface area contributed by atoms with Crippen LogP contribution in [-0.2, 0) is 20.9 Å². The first-order valence-corrected chi connectivity index (χ1v) is 14.8. The van der Waals surface area contributed by atoms with Gasteiger partial charge in [-0.2, -0.15) is 0 Å². The molecule has 3 heterocycles. The number of anilines is 2. The number of thiazole rings is 1. The number of hydrogen-bond acceptors (Lipinski definition) is 6. The number of carbonyl (C=O) groups is 3. The van der Waals surface area contributed by atoms with Crippen LogP contribution in [0.25, 0.3) is 0 Å². The second kappa shape index (κ2) is 10.4. The quantitative estimate of drug-likeness (QED) is 0.280. The minimum Gasteiger partial charge on any atom is -0.325 e. The Bertz CT molecular complexity index is 1660. The van der Waals surface area contributed by atoms with Gasteiger partial charge in [-0.05, 0) is 54.1 Å². The molecule has 2 aliphatic heterocycles. The molecule has 6 rings (SSSR count). The van der Waals surface area contributed by atoms with E-state index in [-0.39, 0.29) is 29.1 Å². The molecule has 0 radical (unpaired) electrons. The van der Waals surface area contributed by atoms with E-state index in [4.69, 9.17) is 11.6 Å². The molecular formula is C28H19BrClN3O4S2. The van der Waals surface area contributed by atoms with Crippen LogP contribution >= 0.6 is 50.6 Å². The zero-order valence-electron chi connectivity index (χ0n) is 20.0. The summed E-state index contributed by atoms with van der Waals surface area (Å²) in [5.74, 6) is -2.28. The van der Waals surface area contributed by atoms with Gasteiger partial charge in [-0.15, -0.1) is 0 Å². The maximum absolute atomic E-state index is 13.9. The summed E-state index contributed by atoms with van der Waals surface area (Å²) >= 11 is 11.7. The number of aromatic nitrogens is 1. The minimum atomic E-state index is -0.758. The highest BCUT2D eigenvalue weighted by molar-refractivity contribution is 9.10. The van der Waals surface area contributed by atoms with Crippen molar-refractivity contribution in [1.29, 1.82) is 0 Å². The van der Waals surface area contributed by atoms with Gasteiger partial charge in [-0.1, -0.05) is 81.0 Å². The molecule has 1 N–H and O–H groups in total. The van der Waals surface area contributed by atoms with Crippen molar-refractivity contribution >= 4 is 79.7 Å². The van der Waals surface area contributed by atoms with Crippen LogP contribution in [-0.4, -0.2) is 27.5 Å². The molecule has 1 saturated heterocycles. The van der Waals surface area contributed by atoms with Gasteiger partial charge in [0.05, 0.1) is 16.6 Å². The van der Waals surface area contributed by atoms with E-state index in [0.717, 1.165) is 21.4 Å². The Morgan fingerprint density at radius 1 is 0.923 bits per heavy atom. The van der Waals surface area contributed by atoms with Gasteiger partial charge in [0.2, 0.25) is 17.7 Å². The first-order valence-electron chi connectivity index (χ1n) is 12.0. The second-order valence-corrected chi connectivity index (χ2v) is 12.6. The van der Waals surface area contributed by atoms with E-state index in [1.165, 1.54) is 21.2 Å². The van der Waals surface area contributed by atoms with Crippen LogP contribution in [0.2, 0.25) is 5.02 Å². The van der Waals surface area contributed by atoms with Gasteiger partial charge >= 0.3 is 4.87 Å². The summed E-state index contributed by atoms with van der Waals surface area (Å²) in [6.45, 7) is -0.208. The van der Waals surface area contributed by atoms with Gasteiger partial charge in [-0.3, -0.25) is 23.7 Å². The highest BCUT2D eigenvalue weighted by Gasteiger charge is 2.56. The summed E-state index contributed by atoms with van der Waals surface area (Å²) in [6.07, 6.45) is 0. The molecule has 196 valence electrons. The molecule has 3 aromatic carbocycles. The Balaban J connectivity index is 1.42. The standard InChI is InChI=1S/C28H19BrClN3O4S2/c29-16-8-6-15(7-9-16)21-22-23(26(36)33(25(22)35)19-12-10-17(30)11-13-19)38-27-24(21)39-28(37)32(27)14-20(34)31-18-4-2-1-3-5-18/h1-13,21-23H,14H2,(H,31,34). The molecular weight excluding hydrogens is 622 g/mol. The fourth-order valence-electron chi connectivity index (χ4n) is 4.99. The van der Waals surface area contributed by atoms with Gasteiger partial charge in [-0.25, -0.2) is 4.90 Å². The number of thioether (sulfide) groups is 1. The average Bonchev–Trinajstić information content (AvgIpc) is 3.36. The highest BCUT2D eigenvalue weighted by atomic mass is 79.9. The zero-order chi connectivity index (χ0) is 27.3. The summed E-state index contributed by atoms with van der Waals surface area (Å²) in [4.78, 5) is 55.3. The third kappa shape index (κ3) is 4.75. The Labute approximate surface area is 244 Å². The predicted molar refractivity (Wildman–Crippen MR) is 157 cm³/mol. The monoisotopic (exact) mass is 639 g/mol. The van der Waals surface area contributed by atoms with Crippen molar-refractivity contribution in [3.05, 3.63) is 108 Å². The summed E-state index contributed by atoms with van der Waals surface area (Å²) in [6, 6.07) is 23.1. The van der Waals surface area contributed by atoms with Crippen molar-refractivity contribution in [2.45, 2.75) is 22.7 Å². The summed E-state index contributed by atoms with van der Waals surface area (Å²) < 4.78 is 2.28. The van der Waals surface area contributed by atoms with Crippen LogP contribution in [0.5, 0.6) is 0 Å². The van der Waals surface area contributed by atoms with Gasteiger partial charge in [0.15, 0.2) is 0 Å². The number of carbonyl (C=O) groups excluding carboxylic acids is 3. The Morgan fingerprint density at radius 2 is 1.62 bits per heavy atom. The van der Waals surface area contributed by atoms with Crippen molar-refractivity contribution in [3.63, 3.8) is 0 Å². The topological polar surface area (TPSA) is 88.5 Å². The number of imide groups is 1. The molecule has 3 unspecified atom stereocenters. The SMILES string of the molecule is O=C(Cn1c2c(sc1=O)C(c1ccc(Br)cc1)C1C(=O)N(c3ccc(Cl)cc3)C(=O)C1S2)Nc1ccccc1. The molecule has 4 aromatic rings. The lowest BCUT2D eigenvalue weighted by molar-refractivity contribution is -0.122. The molecule has 3 atom stereocenters. The molecule has 3 amide bonds. The number of halogens is 2. The zero-order valence-corrected chi connectivity index (χ0v) is 24.0. The Kier molecular flexibility index (Phi) is 6.96. The lowest BCUT2D eigenvalue weighted by Gasteiger charge is -2.30. The number of rotatable bonds is 5. The molecule has 1 fully saturated rings. The Hall–Kier alpha value is -3.18. The van der Waals surface area contributed by atoms with Crippen molar-refractivity contribution in [2.24, 2.45) is 5.92 Å². The van der Waals surface area contributed by atoms with E-state index >= 15 is 0 Å². The first kappa shape index (κ1) is 26.1. The molecule has 7 nitrogen and oxygen atoms in total. The molecule has 0 aliphatic carbocycles. The third-order valence-electron chi connectivity index (χ3n) is 6.72. The molecule has 0 saturated carbocycles. The molecule has 1 aromatic heterocycles. The first-order chi connectivity index (χ1) is 18.8.